The molecule has 9 nitrogen and oxygen atoms in total. The van der Waals surface area contributed by atoms with E-state index in [0.717, 1.165) is 82.8 Å². The summed E-state index contributed by atoms with van der Waals surface area (Å²) in [4.78, 5) is 19.1. The Hall–Kier alpha value is -3.31. The number of amides is 1. The van der Waals surface area contributed by atoms with Crippen molar-refractivity contribution in [1.82, 2.24) is 34.7 Å². The van der Waals surface area contributed by atoms with Crippen molar-refractivity contribution in [3.8, 4) is 11.1 Å². The number of alkyl halides is 2. The molecule has 6 rings (SSSR count). The summed E-state index contributed by atoms with van der Waals surface area (Å²) in [6.45, 7) is 8.22. The number of piperazine rings is 1. The van der Waals surface area contributed by atoms with Crippen LogP contribution in [0.2, 0.25) is 0 Å². The summed E-state index contributed by atoms with van der Waals surface area (Å²) in [6.07, 6.45) is 8.00. The van der Waals surface area contributed by atoms with Gasteiger partial charge in [0.05, 0.1) is 18.8 Å². The fraction of sp³-hybridized carbons (Fsp3) is 0.606. The number of anilines is 1. The third kappa shape index (κ3) is 6.54. The molecule has 2 aliphatic heterocycles. The Balaban J connectivity index is 1.15. The molecule has 0 unspecified atom stereocenters. The van der Waals surface area contributed by atoms with E-state index < -0.39 is 6.43 Å². The number of benzene rings is 1. The lowest BCUT2D eigenvalue weighted by Crippen LogP contribution is -2.49. The highest BCUT2D eigenvalue weighted by Gasteiger charge is 2.33. The maximum Gasteiger partial charge on any atom is 0.264 e. The number of carbonyl (C=O) groups is 1. The number of rotatable bonds is 9. The van der Waals surface area contributed by atoms with Crippen molar-refractivity contribution >= 4 is 11.7 Å². The van der Waals surface area contributed by atoms with E-state index in [4.69, 9.17) is 5.10 Å². The number of hydrogen-bond acceptors (Lipinski definition) is 6. The van der Waals surface area contributed by atoms with E-state index in [1.807, 2.05) is 17.0 Å². The molecule has 11 heteroatoms. The molecule has 2 fully saturated rings. The molecule has 2 aromatic heterocycles. The van der Waals surface area contributed by atoms with E-state index in [0.29, 0.717) is 29.8 Å². The molecule has 44 heavy (non-hydrogen) atoms. The van der Waals surface area contributed by atoms with Gasteiger partial charge in [0.2, 0.25) is 5.91 Å². The SMILES string of the molecule is CC(=O)N1CCc2c(c(N(C)CCCc3ccc(C(F)F)c(-c4cnn(C)c4)c3)nn2C2CCC(N3CCNCC3)CC2)C1. The molecule has 1 saturated carbocycles. The molecule has 1 aliphatic carbocycles. The van der Waals surface area contributed by atoms with Crippen molar-refractivity contribution in [3.05, 3.63) is 53.0 Å². The molecule has 4 heterocycles. The van der Waals surface area contributed by atoms with Crippen LogP contribution in [0.15, 0.2) is 30.6 Å². The van der Waals surface area contributed by atoms with E-state index in [9.17, 15) is 13.6 Å². The summed E-state index contributed by atoms with van der Waals surface area (Å²) < 4.78 is 31.5. The largest absolute Gasteiger partial charge is 0.358 e. The zero-order valence-electron chi connectivity index (χ0n) is 26.3. The van der Waals surface area contributed by atoms with Crippen LogP contribution in [-0.2, 0) is 31.2 Å². The number of carbonyl (C=O) groups excluding carboxylic acids is 1. The lowest BCUT2D eigenvalue weighted by molar-refractivity contribution is -0.129. The molecule has 1 N–H and O–H groups in total. The normalized spacial score (nSPS) is 21.1. The van der Waals surface area contributed by atoms with Crippen LogP contribution in [0.3, 0.4) is 0 Å². The van der Waals surface area contributed by atoms with Crippen LogP contribution in [-0.4, -0.2) is 87.6 Å². The second kappa shape index (κ2) is 13.4. The maximum absolute atomic E-state index is 13.8. The number of hydrogen-bond donors (Lipinski definition) is 1. The maximum atomic E-state index is 13.8. The van der Waals surface area contributed by atoms with E-state index in [1.54, 1.807) is 37.1 Å². The van der Waals surface area contributed by atoms with Crippen LogP contribution in [0.1, 0.15) is 73.9 Å². The Bertz CT molecular complexity index is 1440. The Morgan fingerprint density at radius 3 is 2.55 bits per heavy atom. The molecule has 1 aromatic carbocycles. The Morgan fingerprint density at radius 2 is 1.86 bits per heavy atom. The highest BCUT2D eigenvalue weighted by atomic mass is 19.3. The van der Waals surface area contributed by atoms with Gasteiger partial charge < -0.3 is 15.1 Å². The molecule has 0 atom stereocenters. The van der Waals surface area contributed by atoms with Crippen molar-refractivity contribution < 1.29 is 13.6 Å². The first-order valence-electron chi connectivity index (χ1n) is 16.2. The van der Waals surface area contributed by atoms with Gasteiger partial charge in [0.1, 0.15) is 0 Å². The number of aryl methyl sites for hydroxylation is 2. The van der Waals surface area contributed by atoms with Crippen molar-refractivity contribution in [2.24, 2.45) is 7.05 Å². The van der Waals surface area contributed by atoms with Gasteiger partial charge in [0.15, 0.2) is 5.82 Å². The summed E-state index contributed by atoms with van der Waals surface area (Å²) >= 11 is 0. The van der Waals surface area contributed by atoms with E-state index >= 15 is 0 Å². The predicted octanol–water partition coefficient (Wildman–Crippen LogP) is 4.58. The minimum absolute atomic E-state index is 0.0352. The predicted molar refractivity (Wildman–Crippen MR) is 168 cm³/mol. The van der Waals surface area contributed by atoms with Crippen LogP contribution in [0.25, 0.3) is 11.1 Å². The van der Waals surface area contributed by atoms with Gasteiger partial charge in [0.25, 0.3) is 6.43 Å². The van der Waals surface area contributed by atoms with Gasteiger partial charge >= 0.3 is 0 Å². The summed E-state index contributed by atoms with van der Waals surface area (Å²) in [7, 11) is 3.88. The molecule has 1 amide bonds. The van der Waals surface area contributed by atoms with Gasteiger partial charge in [-0.1, -0.05) is 18.2 Å². The molecule has 0 bridgehead atoms. The van der Waals surface area contributed by atoms with Gasteiger partial charge in [-0.15, -0.1) is 0 Å². The number of fused-ring (bicyclic) bond motifs is 1. The summed E-state index contributed by atoms with van der Waals surface area (Å²) in [5, 5.41) is 12.9. The minimum Gasteiger partial charge on any atom is -0.358 e. The standard InChI is InChI=1S/C33H46F2N8O/c1-23(44)42-16-12-31-30(22-42)33(38-43(31)27-9-7-26(8-10-27)41-17-13-36-14-18-41)39(2)15-4-5-24-6-11-28(32(34)35)29(19-24)25-20-37-40(3)21-25/h6,11,19-21,26-27,32,36H,4-5,7-10,12-18,22H2,1-3H3. The highest BCUT2D eigenvalue weighted by molar-refractivity contribution is 5.74. The van der Waals surface area contributed by atoms with Crippen LogP contribution in [0.4, 0.5) is 14.6 Å². The second-order valence-electron chi connectivity index (χ2n) is 12.8. The first-order valence-corrected chi connectivity index (χ1v) is 16.2. The first kappa shape index (κ1) is 30.7. The third-order valence-corrected chi connectivity index (χ3v) is 9.88. The van der Waals surface area contributed by atoms with Crippen LogP contribution in [0, 0.1) is 0 Å². The van der Waals surface area contributed by atoms with Crippen molar-refractivity contribution in [1.29, 1.82) is 0 Å². The fourth-order valence-electron chi connectivity index (χ4n) is 7.41. The molecular weight excluding hydrogens is 562 g/mol. The van der Waals surface area contributed by atoms with E-state index in [-0.39, 0.29) is 11.5 Å². The Kier molecular flexibility index (Phi) is 9.32. The molecular formula is C33H46F2N8O. The molecule has 3 aliphatic rings. The lowest BCUT2D eigenvalue weighted by Gasteiger charge is -2.39. The smallest absolute Gasteiger partial charge is 0.264 e. The van der Waals surface area contributed by atoms with Gasteiger partial charge in [-0.05, 0) is 49.7 Å². The number of aromatic nitrogens is 4. The zero-order valence-corrected chi connectivity index (χ0v) is 26.3. The number of nitrogens with one attached hydrogen (secondary N) is 1. The summed E-state index contributed by atoms with van der Waals surface area (Å²) in [5.41, 5.74) is 4.78. The average Bonchev–Trinajstić information content (AvgIpc) is 3.65. The monoisotopic (exact) mass is 608 g/mol. The van der Waals surface area contributed by atoms with Crippen molar-refractivity contribution in [2.75, 3.05) is 51.2 Å². The molecule has 3 aromatic rings. The minimum atomic E-state index is -2.54. The first-order chi connectivity index (χ1) is 21.3. The lowest BCUT2D eigenvalue weighted by atomic mass is 9.89. The van der Waals surface area contributed by atoms with Crippen LogP contribution in [0.5, 0.6) is 0 Å². The van der Waals surface area contributed by atoms with Crippen molar-refractivity contribution in [3.63, 3.8) is 0 Å². The van der Waals surface area contributed by atoms with Gasteiger partial charge in [-0.2, -0.15) is 10.2 Å². The highest BCUT2D eigenvalue weighted by Crippen LogP contribution is 2.37. The summed E-state index contributed by atoms with van der Waals surface area (Å²) in [6, 6.07) is 6.32. The molecule has 0 radical (unpaired) electrons. The number of nitrogens with zero attached hydrogens (tertiary/aromatic N) is 7. The van der Waals surface area contributed by atoms with E-state index in [1.165, 1.54) is 24.1 Å². The van der Waals surface area contributed by atoms with Gasteiger partial charge in [-0.3, -0.25) is 19.1 Å². The van der Waals surface area contributed by atoms with Crippen molar-refractivity contribution in [2.45, 2.75) is 76.9 Å². The van der Waals surface area contributed by atoms with Gasteiger partial charge in [0, 0.05) is 101 Å². The Morgan fingerprint density at radius 1 is 1.11 bits per heavy atom. The zero-order chi connectivity index (χ0) is 30.8. The quantitative estimate of drug-likeness (QED) is 0.384. The molecule has 0 spiro atoms. The van der Waals surface area contributed by atoms with Crippen LogP contribution >= 0.6 is 0 Å². The topological polar surface area (TPSA) is 74.5 Å². The molecule has 1 saturated heterocycles. The Labute approximate surface area is 259 Å². The summed E-state index contributed by atoms with van der Waals surface area (Å²) in [5.74, 6) is 1.07. The third-order valence-electron chi connectivity index (χ3n) is 9.88. The van der Waals surface area contributed by atoms with Crippen LogP contribution < -0.4 is 10.2 Å². The van der Waals surface area contributed by atoms with E-state index in [2.05, 4.69) is 31.9 Å². The van der Waals surface area contributed by atoms with Gasteiger partial charge in [-0.25, -0.2) is 8.78 Å². The number of halogens is 2. The fourth-order valence-corrected chi connectivity index (χ4v) is 7.41. The average molecular weight is 609 g/mol. The molecule has 238 valence electrons. The second-order valence-corrected chi connectivity index (χ2v) is 12.8.